The number of hydrogen-bond donors (Lipinski definition) is 3. The Kier molecular flexibility index (Phi) is 4.08. The van der Waals surface area contributed by atoms with Crippen molar-refractivity contribution >= 4 is 11.8 Å². The molecule has 3 unspecified atom stereocenters. The number of primary amides is 1. The molecule has 1 aliphatic heterocycles. The minimum absolute atomic E-state index is 0.131. The van der Waals surface area contributed by atoms with E-state index in [1.165, 1.54) is 0 Å². The predicted octanol–water partition coefficient (Wildman–Crippen LogP) is -0.635. The van der Waals surface area contributed by atoms with E-state index in [0.717, 1.165) is 19.4 Å². The molecule has 15 heavy (non-hydrogen) atoms. The number of amides is 2. The van der Waals surface area contributed by atoms with Crippen LogP contribution in [0.1, 0.15) is 26.7 Å². The smallest absolute Gasteiger partial charge is 0.239 e. The van der Waals surface area contributed by atoms with Crippen LogP contribution in [0.3, 0.4) is 0 Å². The monoisotopic (exact) mass is 213 g/mol. The summed E-state index contributed by atoms with van der Waals surface area (Å²) in [6, 6.07) is -0.797. The van der Waals surface area contributed by atoms with Crippen molar-refractivity contribution in [2.45, 2.75) is 38.8 Å². The third-order valence-corrected chi connectivity index (χ3v) is 2.84. The zero-order valence-electron chi connectivity index (χ0n) is 9.25. The van der Waals surface area contributed by atoms with E-state index in [0.29, 0.717) is 5.92 Å². The molecular weight excluding hydrogens is 194 g/mol. The zero-order valence-corrected chi connectivity index (χ0v) is 9.25. The van der Waals surface area contributed by atoms with Crippen LogP contribution in [-0.4, -0.2) is 30.4 Å². The summed E-state index contributed by atoms with van der Waals surface area (Å²) < 4.78 is 0. The fourth-order valence-corrected chi connectivity index (χ4v) is 1.77. The second kappa shape index (κ2) is 5.11. The van der Waals surface area contributed by atoms with Crippen molar-refractivity contribution in [3.8, 4) is 0 Å². The summed E-state index contributed by atoms with van der Waals surface area (Å²) in [5, 5.41) is 5.75. The molecule has 0 saturated carbocycles. The summed E-state index contributed by atoms with van der Waals surface area (Å²) in [4.78, 5) is 22.5. The van der Waals surface area contributed by atoms with E-state index in [-0.39, 0.29) is 11.9 Å². The lowest BCUT2D eigenvalue weighted by molar-refractivity contribution is -0.129. The van der Waals surface area contributed by atoms with Gasteiger partial charge in [-0.25, -0.2) is 0 Å². The van der Waals surface area contributed by atoms with Crippen molar-refractivity contribution in [3.63, 3.8) is 0 Å². The van der Waals surface area contributed by atoms with E-state index in [9.17, 15) is 9.59 Å². The molecule has 1 fully saturated rings. The van der Waals surface area contributed by atoms with Gasteiger partial charge in [0.25, 0.3) is 0 Å². The molecule has 0 bridgehead atoms. The Morgan fingerprint density at radius 2 is 2.20 bits per heavy atom. The average molecular weight is 213 g/mol. The summed E-state index contributed by atoms with van der Waals surface area (Å²) in [6.07, 6.45) is 2.13. The number of nitrogens with two attached hydrogens (primary N) is 1. The van der Waals surface area contributed by atoms with Gasteiger partial charge in [-0.3, -0.25) is 9.59 Å². The predicted molar refractivity (Wildman–Crippen MR) is 57.0 cm³/mol. The molecule has 0 aliphatic carbocycles. The molecule has 1 rings (SSSR count). The van der Waals surface area contributed by atoms with Gasteiger partial charge in [0.05, 0.1) is 6.04 Å². The number of carbonyl (C=O) groups excluding carboxylic acids is 2. The van der Waals surface area contributed by atoms with E-state index in [2.05, 4.69) is 10.6 Å². The van der Waals surface area contributed by atoms with Gasteiger partial charge >= 0.3 is 0 Å². The fourth-order valence-electron chi connectivity index (χ4n) is 1.77. The van der Waals surface area contributed by atoms with E-state index in [4.69, 9.17) is 5.73 Å². The molecular formula is C10H19N3O2. The maximum Gasteiger partial charge on any atom is 0.239 e. The van der Waals surface area contributed by atoms with Crippen LogP contribution in [0.4, 0.5) is 0 Å². The Hall–Kier alpha value is -1.10. The van der Waals surface area contributed by atoms with Crippen molar-refractivity contribution in [1.29, 1.82) is 0 Å². The molecule has 1 aliphatic rings. The Morgan fingerprint density at radius 1 is 1.53 bits per heavy atom. The standard InChI is InChI=1S/C10H19N3O2/c1-6-4-3-5-12-8(6)10(15)13-7(2)9(11)14/h6-8,12H,3-5H2,1-2H3,(H2,11,14)(H,13,15). The molecule has 0 aromatic heterocycles. The first-order valence-electron chi connectivity index (χ1n) is 5.35. The third-order valence-electron chi connectivity index (χ3n) is 2.84. The molecule has 2 amide bonds. The maximum atomic E-state index is 11.7. The highest BCUT2D eigenvalue weighted by Crippen LogP contribution is 2.15. The molecule has 0 aromatic carbocycles. The molecule has 1 heterocycles. The SMILES string of the molecule is CC(NC(=O)C1NCCCC1C)C(N)=O. The van der Waals surface area contributed by atoms with Crippen LogP contribution in [0.5, 0.6) is 0 Å². The topological polar surface area (TPSA) is 84.2 Å². The van der Waals surface area contributed by atoms with Crippen LogP contribution in [0.2, 0.25) is 0 Å². The quantitative estimate of drug-likeness (QED) is 0.583. The van der Waals surface area contributed by atoms with Crippen LogP contribution in [0, 0.1) is 5.92 Å². The molecule has 5 heteroatoms. The van der Waals surface area contributed by atoms with E-state index < -0.39 is 11.9 Å². The zero-order chi connectivity index (χ0) is 11.4. The number of nitrogens with one attached hydrogen (secondary N) is 2. The highest BCUT2D eigenvalue weighted by Gasteiger charge is 2.28. The fraction of sp³-hybridized carbons (Fsp3) is 0.800. The minimum atomic E-state index is -0.603. The summed E-state index contributed by atoms with van der Waals surface area (Å²) in [5.74, 6) is -0.334. The maximum absolute atomic E-state index is 11.7. The number of hydrogen-bond acceptors (Lipinski definition) is 3. The second-order valence-corrected chi connectivity index (χ2v) is 4.18. The lowest BCUT2D eigenvalue weighted by Crippen LogP contribution is -2.54. The summed E-state index contributed by atoms with van der Waals surface area (Å²) in [6.45, 7) is 4.48. The molecule has 4 N–H and O–H groups in total. The van der Waals surface area contributed by atoms with Gasteiger partial charge in [0.15, 0.2) is 0 Å². The van der Waals surface area contributed by atoms with Gasteiger partial charge < -0.3 is 16.4 Å². The van der Waals surface area contributed by atoms with Gasteiger partial charge in [-0.1, -0.05) is 6.92 Å². The minimum Gasteiger partial charge on any atom is -0.368 e. The first-order valence-corrected chi connectivity index (χ1v) is 5.35. The van der Waals surface area contributed by atoms with Gasteiger partial charge in [-0.2, -0.15) is 0 Å². The third kappa shape index (κ3) is 3.20. The van der Waals surface area contributed by atoms with Gasteiger partial charge in [0.1, 0.15) is 6.04 Å². The average Bonchev–Trinajstić information content (AvgIpc) is 2.18. The lowest BCUT2D eigenvalue weighted by Gasteiger charge is -2.29. The molecule has 0 radical (unpaired) electrons. The molecule has 5 nitrogen and oxygen atoms in total. The van der Waals surface area contributed by atoms with Crippen LogP contribution >= 0.6 is 0 Å². The van der Waals surface area contributed by atoms with E-state index in [1.807, 2.05) is 6.92 Å². The van der Waals surface area contributed by atoms with E-state index in [1.54, 1.807) is 6.92 Å². The first kappa shape index (κ1) is 12.0. The van der Waals surface area contributed by atoms with Gasteiger partial charge in [0, 0.05) is 0 Å². The van der Waals surface area contributed by atoms with Crippen molar-refractivity contribution < 1.29 is 9.59 Å². The number of rotatable bonds is 3. The molecule has 1 saturated heterocycles. The van der Waals surface area contributed by atoms with Crippen LogP contribution in [-0.2, 0) is 9.59 Å². The Labute approximate surface area is 89.8 Å². The second-order valence-electron chi connectivity index (χ2n) is 4.18. The van der Waals surface area contributed by atoms with Gasteiger partial charge in [-0.05, 0) is 32.2 Å². The van der Waals surface area contributed by atoms with Crippen molar-refractivity contribution in [2.75, 3.05) is 6.54 Å². The molecule has 86 valence electrons. The van der Waals surface area contributed by atoms with Crippen LogP contribution in [0.25, 0.3) is 0 Å². The molecule has 0 aromatic rings. The Morgan fingerprint density at radius 3 is 2.73 bits per heavy atom. The Balaban J connectivity index is 2.48. The summed E-state index contributed by atoms with van der Waals surface area (Å²) >= 11 is 0. The first-order chi connectivity index (χ1) is 7.02. The van der Waals surface area contributed by atoms with Crippen molar-refractivity contribution in [2.24, 2.45) is 11.7 Å². The molecule has 3 atom stereocenters. The Bertz CT molecular complexity index is 255. The molecule has 0 spiro atoms. The number of carbonyl (C=O) groups is 2. The van der Waals surface area contributed by atoms with Crippen LogP contribution < -0.4 is 16.4 Å². The van der Waals surface area contributed by atoms with Crippen molar-refractivity contribution in [1.82, 2.24) is 10.6 Å². The van der Waals surface area contributed by atoms with Gasteiger partial charge in [0.2, 0.25) is 11.8 Å². The van der Waals surface area contributed by atoms with Crippen molar-refractivity contribution in [3.05, 3.63) is 0 Å². The largest absolute Gasteiger partial charge is 0.368 e. The van der Waals surface area contributed by atoms with Gasteiger partial charge in [-0.15, -0.1) is 0 Å². The number of piperidine rings is 1. The van der Waals surface area contributed by atoms with E-state index >= 15 is 0 Å². The highest BCUT2D eigenvalue weighted by atomic mass is 16.2. The summed E-state index contributed by atoms with van der Waals surface area (Å²) in [5.41, 5.74) is 5.07. The highest BCUT2D eigenvalue weighted by molar-refractivity contribution is 5.88. The summed E-state index contributed by atoms with van der Waals surface area (Å²) in [7, 11) is 0. The normalized spacial score (nSPS) is 28.1. The van der Waals surface area contributed by atoms with Crippen LogP contribution in [0.15, 0.2) is 0 Å². The lowest BCUT2D eigenvalue weighted by atomic mass is 9.92.